The highest BCUT2D eigenvalue weighted by atomic mass is 16.6. The third kappa shape index (κ3) is 3.59. The lowest BCUT2D eigenvalue weighted by Crippen LogP contribution is -1.99. The molecule has 106 valence electrons. The molecule has 1 rings (SSSR count). The Balaban J connectivity index is 3.23. The molecular formula is C14H21NO4. The molecule has 5 heteroatoms. The van der Waals surface area contributed by atoms with Crippen LogP contribution in [0.4, 0.5) is 5.69 Å². The number of nitro benzene ring substituents is 1. The van der Waals surface area contributed by atoms with Crippen LogP contribution in [0.2, 0.25) is 0 Å². The zero-order valence-corrected chi connectivity index (χ0v) is 11.5. The van der Waals surface area contributed by atoms with Gasteiger partial charge in [-0.25, -0.2) is 0 Å². The van der Waals surface area contributed by atoms with Crippen LogP contribution >= 0.6 is 0 Å². The molecule has 0 fully saturated rings. The molecule has 2 N–H and O–H groups in total. The van der Waals surface area contributed by atoms with Crippen LogP contribution in [0, 0.1) is 10.1 Å². The maximum absolute atomic E-state index is 11.0. The molecule has 0 aliphatic heterocycles. The van der Waals surface area contributed by atoms with Gasteiger partial charge >= 0.3 is 5.69 Å². The number of nitrogens with zero attached hydrogens (tertiary/aromatic N) is 1. The van der Waals surface area contributed by atoms with Crippen molar-refractivity contribution in [1.82, 2.24) is 0 Å². The molecule has 0 radical (unpaired) electrons. The van der Waals surface area contributed by atoms with Crippen molar-refractivity contribution >= 4 is 5.69 Å². The molecule has 19 heavy (non-hydrogen) atoms. The number of phenols is 2. The number of hydrogen-bond acceptors (Lipinski definition) is 4. The van der Waals surface area contributed by atoms with Gasteiger partial charge in [-0.05, 0) is 37.3 Å². The Hall–Kier alpha value is -1.78. The largest absolute Gasteiger partial charge is 0.504 e. The van der Waals surface area contributed by atoms with Crippen LogP contribution in [0.25, 0.3) is 0 Å². The first-order valence-corrected chi connectivity index (χ1v) is 6.73. The summed E-state index contributed by atoms with van der Waals surface area (Å²) in [4.78, 5) is 10.4. The molecule has 0 heterocycles. The Morgan fingerprint density at radius 3 is 2.05 bits per heavy atom. The van der Waals surface area contributed by atoms with Crippen molar-refractivity contribution in [1.29, 1.82) is 0 Å². The average Bonchev–Trinajstić information content (AvgIpc) is 2.37. The van der Waals surface area contributed by atoms with E-state index in [1.54, 1.807) is 6.07 Å². The molecule has 0 amide bonds. The van der Waals surface area contributed by atoms with Crippen molar-refractivity contribution in [3.8, 4) is 11.5 Å². The van der Waals surface area contributed by atoms with Gasteiger partial charge in [0.05, 0.1) is 4.92 Å². The van der Waals surface area contributed by atoms with Gasteiger partial charge in [0.1, 0.15) is 0 Å². The number of aromatic hydroxyl groups is 2. The maximum Gasteiger partial charge on any atom is 0.317 e. The SMILES string of the molecule is CCCCc1cc(CCCC)c([N+](=O)[O-])c(O)c1O. The van der Waals surface area contributed by atoms with Crippen molar-refractivity contribution < 1.29 is 15.1 Å². The summed E-state index contributed by atoms with van der Waals surface area (Å²) in [7, 11) is 0. The highest BCUT2D eigenvalue weighted by Crippen LogP contribution is 2.41. The van der Waals surface area contributed by atoms with E-state index in [-0.39, 0.29) is 11.4 Å². The predicted octanol–water partition coefficient (Wildman–Crippen LogP) is 3.69. The van der Waals surface area contributed by atoms with Gasteiger partial charge in [0.25, 0.3) is 0 Å². The Morgan fingerprint density at radius 2 is 1.58 bits per heavy atom. The van der Waals surface area contributed by atoms with Gasteiger partial charge in [0.15, 0.2) is 5.75 Å². The summed E-state index contributed by atoms with van der Waals surface area (Å²) in [5.41, 5.74) is 0.746. The molecule has 0 aromatic heterocycles. The second-order valence-corrected chi connectivity index (χ2v) is 4.70. The molecule has 1 aromatic rings. The summed E-state index contributed by atoms with van der Waals surface area (Å²) in [5, 5.41) is 30.7. The lowest BCUT2D eigenvalue weighted by Gasteiger charge is -2.10. The fourth-order valence-corrected chi connectivity index (χ4v) is 2.08. The van der Waals surface area contributed by atoms with Crippen LogP contribution in [0.3, 0.4) is 0 Å². The standard InChI is InChI=1S/C14H21NO4/c1-3-5-7-10-9-11(8-6-4-2)13(16)14(17)12(10)15(18)19/h9,16-17H,3-8H2,1-2H3. The molecule has 5 nitrogen and oxygen atoms in total. The molecule has 0 aliphatic carbocycles. The van der Waals surface area contributed by atoms with Crippen molar-refractivity contribution in [3.63, 3.8) is 0 Å². The van der Waals surface area contributed by atoms with Gasteiger partial charge in [-0.1, -0.05) is 26.7 Å². The highest BCUT2D eigenvalue weighted by molar-refractivity contribution is 5.62. The first-order chi connectivity index (χ1) is 9.02. The maximum atomic E-state index is 11.0. The summed E-state index contributed by atoms with van der Waals surface area (Å²) >= 11 is 0. The van der Waals surface area contributed by atoms with E-state index in [4.69, 9.17) is 0 Å². The van der Waals surface area contributed by atoms with Gasteiger partial charge in [0.2, 0.25) is 5.75 Å². The second kappa shape index (κ2) is 6.97. The Labute approximate surface area is 113 Å². The van der Waals surface area contributed by atoms with E-state index >= 15 is 0 Å². The lowest BCUT2D eigenvalue weighted by molar-refractivity contribution is -0.386. The van der Waals surface area contributed by atoms with E-state index in [0.29, 0.717) is 24.0 Å². The molecule has 0 spiro atoms. The zero-order chi connectivity index (χ0) is 14.4. The second-order valence-electron chi connectivity index (χ2n) is 4.70. The molecule has 0 saturated heterocycles. The number of unbranched alkanes of at least 4 members (excludes halogenated alkanes) is 2. The lowest BCUT2D eigenvalue weighted by atomic mass is 9.98. The molecule has 0 aliphatic rings. The zero-order valence-electron chi connectivity index (χ0n) is 11.5. The number of nitro groups is 1. The van der Waals surface area contributed by atoms with E-state index < -0.39 is 10.7 Å². The number of hydrogen-bond donors (Lipinski definition) is 2. The topological polar surface area (TPSA) is 83.6 Å². The first-order valence-electron chi connectivity index (χ1n) is 6.73. The van der Waals surface area contributed by atoms with Gasteiger partial charge in [-0.2, -0.15) is 0 Å². The summed E-state index contributed by atoms with van der Waals surface area (Å²) in [5.74, 6) is -0.940. The fraction of sp³-hybridized carbons (Fsp3) is 0.571. The van der Waals surface area contributed by atoms with Crippen LogP contribution in [-0.4, -0.2) is 15.1 Å². The third-order valence-corrected chi connectivity index (χ3v) is 3.19. The first kappa shape index (κ1) is 15.3. The smallest absolute Gasteiger partial charge is 0.317 e. The minimum absolute atomic E-state index is 0.347. The third-order valence-electron chi connectivity index (χ3n) is 3.19. The van der Waals surface area contributed by atoms with Crippen molar-refractivity contribution in [2.45, 2.75) is 52.4 Å². The predicted molar refractivity (Wildman–Crippen MR) is 73.7 cm³/mol. The minimum Gasteiger partial charge on any atom is -0.504 e. The molecule has 0 bridgehead atoms. The monoisotopic (exact) mass is 267 g/mol. The van der Waals surface area contributed by atoms with Crippen LogP contribution in [0.5, 0.6) is 11.5 Å². The summed E-state index contributed by atoms with van der Waals surface area (Å²) in [6, 6.07) is 1.67. The Kier molecular flexibility index (Phi) is 5.60. The average molecular weight is 267 g/mol. The Bertz CT molecular complexity index is 457. The van der Waals surface area contributed by atoms with Crippen LogP contribution in [0.15, 0.2) is 6.07 Å². The van der Waals surface area contributed by atoms with Crippen molar-refractivity contribution in [2.24, 2.45) is 0 Å². The number of rotatable bonds is 7. The number of phenolic OH excluding ortho intramolecular Hbond substituents is 2. The quantitative estimate of drug-likeness (QED) is 0.448. The van der Waals surface area contributed by atoms with Crippen LogP contribution in [-0.2, 0) is 12.8 Å². The van der Waals surface area contributed by atoms with E-state index in [2.05, 4.69) is 0 Å². The van der Waals surface area contributed by atoms with Gasteiger partial charge in [-0.15, -0.1) is 0 Å². The minimum atomic E-state index is -0.621. The van der Waals surface area contributed by atoms with Crippen LogP contribution in [0.1, 0.15) is 50.7 Å². The molecule has 1 aromatic carbocycles. The summed E-state index contributed by atoms with van der Waals surface area (Å²) in [6.07, 6.45) is 4.73. The number of aryl methyl sites for hydroxylation is 2. The summed E-state index contributed by atoms with van der Waals surface area (Å²) < 4.78 is 0. The van der Waals surface area contributed by atoms with E-state index in [0.717, 1.165) is 25.7 Å². The van der Waals surface area contributed by atoms with Gasteiger partial charge in [0, 0.05) is 5.56 Å². The normalized spacial score (nSPS) is 10.6. The molecular weight excluding hydrogens is 246 g/mol. The Morgan fingerprint density at radius 1 is 1.05 bits per heavy atom. The van der Waals surface area contributed by atoms with Crippen molar-refractivity contribution in [3.05, 3.63) is 27.3 Å². The van der Waals surface area contributed by atoms with E-state index in [1.165, 1.54) is 0 Å². The van der Waals surface area contributed by atoms with E-state index in [9.17, 15) is 20.3 Å². The van der Waals surface area contributed by atoms with Gasteiger partial charge < -0.3 is 10.2 Å². The van der Waals surface area contributed by atoms with Gasteiger partial charge in [-0.3, -0.25) is 10.1 Å². The molecule has 0 saturated carbocycles. The van der Waals surface area contributed by atoms with E-state index in [1.807, 2.05) is 13.8 Å². The van der Waals surface area contributed by atoms with Crippen LogP contribution < -0.4 is 0 Å². The summed E-state index contributed by atoms with van der Waals surface area (Å²) in [6.45, 7) is 4.03. The highest BCUT2D eigenvalue weighted by Gasteiger charge is 2.25. The number of benzene rings is 1. The van der Waals surface area contributed by atoms with Crippen molar-refractivity contribution in [2.75, 3.05) is 0 Å². The molecule has 0 atom stereocenters. The fourth-order valence-electron chi connectivity index (χ4n) is 2.08. The molecule has 0 unspecified atom stereocenters.